The van der Waals surface area contributed by atoms with Crippen molar-refractivity contribution in [3.05, 3.63) is 48.0 Å². The first-order valence-corrected chi connectivity index (χ1v) is 7.91. The highest BCUT2D eigenvalue weighted by atomic mass is 19.1. The van der Waals surface area contributed by atoms with Crippen LogP contribution in [0.5, 0.6) is 0 Å². The second-order valence-corrected chi connectivity index (χ2v) is 6.04. The Labute approximate surface area is 130 Å². The SMILES string of the molecule is Cn1cc(NC2CCN(CCc3ccc(F)cc3)CC2)cn1. The van der Waals surface area contributed by atoms with Gasteiger partial charge in [-0.15, -0.1) is 0 Å². The zero-order valence-electron chi connectivity index (χ0n) is 13.0. The van der Waals surface area contributed by atoms with Crippen LogP contribution in [0.25, 0.3) is 0 Å². The van der Waals surface area contributed by atoms with Crippen LogP contribution in [0.4, 0.5) is 10.1 Å². The molecule has 1 saturated heterocycles. The van der Waals surface area contributed by atoms with Crippen molar-refractivity contribution in [2.75, 3.05) is 25.0 Å². The number of hydrogen-bond acceptors (Lipinski definition) is 3. The minimum atomic E-state index is -0.161. The van der Waals surface area contributed by atoms with Crippen molar-refractivity contribution in [1.82, 2.24) is 14.7 Å². The Morgan fingerprint density at radius 2 is 1.95 bits per heavy atom. The molecule has 22 heavy (non-hydrogen) atoms. The number of aromatic nitrogens is 2. The molecule has 118 valence electrons. The lowest BCUT2D eigenvalue weighted by atomic mass is 10.0. The third kappa shape index (κ3) is 4.07. The molecule has 1 aromatic carbocycles. The van der Waals surface area contributed by atoms with Crippen molar-refractivity contribution in [2.45, 2.75) is 25.3 Å². The molecule has 1 aliphatic rings. The number of piperidine rings is 1. The summed E-state index contributed by atoms with van der Waals surface area (Å²) in [7, 11) is 1.93. The van der Waals surface area contributed by atoms with Gasteiger partial charge < -0.3 is 10.2 Å². The largest absolute Gasteiger partial charge is 0.380 e. The number of nitrogens with one attached hydrogen (secondary N) is 1. The molecule has 0 aliphatic carbocycles. The standard InChI is InChI=1S/C17H23FN4/c1-21-13-17(12-19-21)20-16-7-10-22(11-8-16)9-6-14-2-4-15(18)5-3-14/h2-5,12-13,16,20H,6-11H2,1H3. The molecule has 2 aromatic rings. The van der Waals surface area contributed by atoms with Crippen LogP contribution in [0.2, 0.25) is 0 Å². The van der Waals surface area contributed by atoms with Gasteiger partial charge in [-0.3, -0.25) is 4.68 Å². The van der Waals surface area contributed by atoms with E-state index in [0.717, 1.165) is 44.6 Å². The van der Waals surface area contributed by atoms with Gasteiger partial charge in [0.2, 0.25) is 0 Å². The van der Waals surface area contributed by atoms with Crippen LogP contribution in [0, 0.1) is 5.82 Å². The zero-order chi connectivity index (χ0) is 15.4. The quantitative estimate of drug-likeness (QED) is 0.922. The van der Waals surface area contributed by atoms with Crippen molar-refractivity contribution < 1.29 is 4.39 Å². The summed E-state index contributed by atoms with van der Waals surface area (Å²) in [6, 6.07) is 7.38. The first kappa shape index (κ1) is 15.0. The minimum absolute atomic E-state index is 0.161. The van der Waals surface area contributed by atoms with Gasteiger partial charge in [0.25, 0.3) is 0 Å². The topological polar surface area (TPSA) is 33.1 Å². The van der Waals surface area contributed by atoms with Crippen LogP contribution in [-0.2, 0) is 13.5 Å². The molecule has 5 heteroatoms. The van der Waals surface area contributed by atoms with E-state index in [9.17, 15) is 4.39 Å². The molecule has 0 bridgehead atoms. The molecule has 1 N–H and O–H groups in total. The summed E-state index contributed by atoms with van der Waals surface area (Å²) in [5, 5.41) is 7.73. The Morgan fingerprint density at radius 3 is 2.59 bits per heavy atom. The molecule has 0 spiro atoms. The van der Waals surface area contributed by atoms with Gasteiger partial charge in [0.05, 0.1) is 11.9 Å². The molecule has 0 unspecified atom stereocenters. The third-order valence-electron chi connectivity index (χ3n) is 4.29. The third-order valence-corrected chi connectivity index (χ3v) is 4.29. The summed E-state index contributed by atoms with van der Waals surface area (Å²) >= 11 is 0. The number of likely N-dealkylation sites (tertiary alicyclic amines) is 1. The second kappa shape index (κ2) is 6.92. The smallest absolute Gasteiger partial charge is 0.123 e. The van der Waals surface area contributed by atoms with Gasteiger partial charge in [0, 0.05) is 38.9 Å². The fourth-order valence-electron chi connectivity index (χ4n) is 2.97. The Balaban J connectivity index is 1.41. The fraction of sp³-hybridized carbons (Fsp3) is 0.471. The van der Waals surface area contributed by atoms with Gasteiger partial charge >= 0.3 is 0 Å². The molecule has 0 radical (unpaired) electrons. The van der Waals surface area contributed by atoms with Crippen molar-refractivity contribution in [2.24, 2.45) is 7.05 Å². The highest BCUT2D eigenvalue weighted by Gasteiger charge is 2.19. The number of hydrogen-bond donors (Lipinski definition) is 1. The molecule has 1 aromatic heterocycles. The van der Waals surface area contributed by atoms with Crippen LogP contribution in [0.3, 0.4) is 0 Å². The van der Waals surface area contributed by atoms with E-state index in [0.29, 0.717) is 6.04 Å². The maximum absolute atomic E-state index is 12.9. The van der Waals surface area contributed by atoms with E-state index in [-0.39, 0.29) is 5.82 Å². The van der Waals surface area contributed by atoms with Gasteiger partial charge in [-0.1, -0.05) is 12.1 Å². The average Bonchev–Trinajstić information content (AvgIpc) is 2.93. The van der Waals surface area contributed by atoms with E-state index in [1.807, 2.05) is 36.3 Å². The van der Waals surface area contributed by atoms with Gasteiger partial charge in [0.1, 0.15) is 5.82 Å². The molecule has 4 nitrogen and oxygen atoms in total. The summed E-state index contributed by atoms with van der Waals surface area (Å²) < 4.78 is 14.7. The first-order chi connectivity index (χ1) is 10.7. The van der Waals surface area contributed by atoms with Crippen molar-refractivity contribution in [1.29, 1.82) is 0 Å². The lowest BCUT2D eigenvalue weighted by Crippen LogP contribution is -2.39. The summed E-state index contributed by atoms with van der Waals surface area (Å²) in [6.45, 7) is 3.27. The summed E-state index contributed by atoms with van der Waals surface area (Å²) in [6.07, 6.45) is 7.18. The second-order valence-electron chi connectivity index (χ2n) is 6.04. The lowest BCUT2D eigenvalue weighted by molar-refractivity contribution is 0.221. The molecular weight excluding hydrogens is 279 g/mol. The fourth-order valence-corrected chi connectivity index (χ4v) is 2.97. The van der Waals surface area contributed by atoms with Crippen LogP contribution >= 0.6 is 0 Å². The molecule has 1 aliphatic heterocycles. The number of nitrogens with zero attached hydrogens (tertiary/aromatic N) is 3. The minimum Gasteiger partial charge on any atom is -0.380 e. The first-order valence-electron chi connectivity index (χ1n) is 7.91. The highest BCUT2D eigenvalue weighted by Crippen LogP contribution is 2.16. The predicted molar refractivity (Wildman–Crippen MR) is 86.4 cm³/mol. The number of anilines is 1. The normalized spacial score (nSPS) is 16.8. The van der Waals surface area contributed by atoms with Gasteiger partial charge in [-0.05, 0) is 37.0 Å². The molecule has 2 heterocycles. The summed E-state index contributed by atoms with van der Waals surface area (Å²) in [5.74, 6) is -0.161. The molecule has 3 rings (SSSR count). The maximum atomic E-state index is 12.9. The monoisotopic (exact) mass is 302 g/mol. The molecule has 0 saturated carbocycles. The van der Waals surface area contributed by atoms with E-state index in [1.165, 1.54) is 5.56 Å². The number of aryl methyl sites for hydroxylation is 1. The van der Waals surface area contributed by atoms with E-state index < -0.39 is 0 Å². The average molecular weight is 302 g/mol. The Hall–Kier alpha value is -1.88. The molecule has 0 amide bonds. The predicted octanol–water partition coefficient (Wildman–Crippen LogP) is 2.68. The van der Waals surface area contributed by atoms with E-state index >= 15 is 0 Å². The lowest BCUT2D eigenvalue weighted by Gasteiger charge is -2.32. The Bertz CT molecular complexity index is 585. The number of halogens is 1. The van der Waals surface area contributed by atoms with Crippen LogP contribution in [0.15, 0.2) is 36.7 Å². The van der Waals surface area contributed by atoms with Gasteiger partial charge in [-0.2, -0.15) is 5.10 Å². The molecule has 0 atom stereocenters. The van der Waals surface area contributed by atoms with Crippen LogP contribution < -0.4 is 5.32 Å². The summed E-state index contributed by atoms with van der Waals surface area (Å²) in [5.41, 5.74) is 2.31. The van der Waals surface area contributed by atoms with Crippen molar-refractivity contribution in [3.8, 4) is 0 Å². The van der Waals surface area contributed by atoms with Crippen molar-refractivity contribution >= 4 is 5.69 Å². The maximum Gasteiger partial charge on any atom is 0.123 e. The van der Waals surface area contributed by atoms with Gasteiger partial charge in [-0.25, -0.2) is 4.39 Å². The zero-order valence-corrected chi connectivity index (χ0v) is 13.0. The Kier molecular flexibility index (Phi) is 4.73. The number of rotatable bonds is 5. The molecule has 1 fully saturated rings. The summed E-state index contributed by atoms with van der Waals surface area (Å²) in [4.78, 5) is 2.49. The number of benzene rings is 1. The van der Waals surface area contributed by atoms with Crippen molar-refractivity contribution in [3.63, 3.8) is 0 Å². The van der Waals surface area contributed by atoms with E-state index in [2.05, 4.69) is 15.3 Å². The highest BCUT2D eigenvalue weighted by molar-refractivity contribution is 5.39. The van der Waals surface area contributed by atoms with E-state index in [1.54, 1.807) is 12.1 Å². The van der Waals surface area contributed by atoms with Gasteiger partial charge in [0.15, 0.2) is 0 Å². The van der Waals surface area contributed by atoms with Crippen LogP contribution in [-0.4, -0.2) is 40.4 Å². The van der Waals surface area contributed by atoms with Crippen LogP contribution in [0.1, 0.15) is 18.4 Å². The Morgan fingerprint density at radius 1 is 1.23 bits per heavy atom. The molecular formula is C17H23FN4. The van der Waals surface area contributed by atoms with E-state index in [4.69, 9.17) is 0 Å².